The number of hydrogen-bond acceptors (Lipinski definition) is 3. The summed E-state index contributed by atoms with van der Waals surface area (Å²) in [5, 5.41) is 0.117. The topological polar surface area (TPSA) is 46.6 Å². The summed E-state index contributed by atoms with van der Waals surface area (Å²) in [6, 6.07) is 9.92. The summed E-state index contributed by atoms with van der Waals surface area (Å²) in [6.07, 6.45) is -0.369. The molecule has 7 heteroatoms. The van der Waals surface area contributed by atoms with E-state index < -0.39 is 30.1 Å². The number of halogens is 3. The van der Waals surface area contributed by atoms with Crippen LogP contribution in [0.4, 0.5) is 8.78 Å². The normalized spacial score (nSPS) is 10.4. The molecule has 0 saturated heterocycles. The maximum Gasteiger partial charge on any atom is 0.310 e. The first-order valence-corrected chi connectivity index (χ1v) is 7.81. The lowest BCUT2D eigenvalue weighted by Crippen LogP contribution is -2.31. The fourth-order valence-electron chi connectivity index (χ4n) is 2.15. The van der Waals surface area contributed by atoms with Gasteiger partial charge in [-0.05, 0) is 29.8 Å². The van der Waals surface area contributed by atoms with Crippen LogP contribution in [0.5, 0.6) is 0 Å². The van der Waals surface area contributed by atoms with E-state index in [0.717, 1.165) is 0 Å². The van der Waals surface area contributed by atoms with Crippen molar-refractivity contribution in [3.05, 3.63) is 70.2 Å². The zero-order valence-corrected chi connectivity index (χ0v) is 14.2. The van der Waals surface area contributed by atoms with Gasteiger partial charge in [-0.25, -0.2) is 8.78 Å². The first-order chi connectivity index (χ1) is 11.9. The summed E-state index contributed by atoms with van der Waals surface area (Å²) < 4.78 is 31.6. The van der Waals surface area contributed by atoms with Gasteiger partial charge in [0.05, 0.1) is 6.42 Å². The molecule has 0 bridgehead atoms. The molecule has 1 amide bonds. The molecular weight excluding hydrogens is 352 g/mol. The van der Waals surface area contributed by atoms with Crippen LogP contribution in [0.15, 0.2) is 42.5 Å². The van der Waals surface area contributed by atoms with Crippen molar-refractivity contribution in [2.75, 3.05) is 13.7 Å². The molecule has 0 fully saturated rings. The Morgan fingerprint density at radius 1 is 1.16 bits per heavy atom. The molecule has 0 radical (unpaired) electrons. The molecule has 2 aromatic carbocycles. The monoisotopic (exact) mass is 367 g/mol. The van der Waals surface area contributed by atoms with Crippen molar-refractivity contribution in [3.8, 4) is 0 Å². The number of ether oxygens (including phenoxy) is 1. The molecule has 4 nitrogen and oxygen atoms in total. The highest BCUT2D eigenvalue weighted by Gasteiger charge is 2.16. The number of carbonyl (C=O) groups is 2. The Morgan fingerprint density at radius 2 is 1.88 bits per heavy atom. The van der Waals surface area contributed by atoms with Crippen molar-refractivity contribution in [3.63, 3.8) is 0 Å². The summed E-state index contributed by atoms with van der Waals surface area (Å²) in [6.45, 7) is -0.315. The fourth-order valence-corrected chi connectivity index (χ4v) is 2.38. The number of nitrogens with zero attached hydrogens (tertiary/aromatic N) is 1. The van der Waals surface area contributed by atoms with Crippen molar-refractivity contribution >= 4 is 23.5 Å². The van der Waals surface area contributed by atoms with Crippen molar-refractivity contribution in [2.24, 2.45) is 0 Å². The third-order valence-corrected chi connectivity index (χ3v) is 3.83. The van der Waals surface area contributed by atoms with Crippen molar-refractivity contribution < 1.29 is 23.1 Å². The minimum absolute atomic E-state index is 0.0229. The molecule has 0 aliphatic rings. The van der Waals surface area contributed by atoms with Crippen molar-refractivity contribution in [1.29, 1.82) is 0 Å². The van der Waals surface area contributed by atoms with E-state index in [4.69, 9.17) is 16.3 Å². The molecule has 0 aromatic heterocycles. The zero-order valence-electron chi connectivity index (χ0n) is 13.5. The van der Waals surface area contributed by atoms with E-state index in [-0.39, 0.29) is 23.6 Å². The third kappa shape index (κ3) is 5.53. The Labute approximate surface area is 149 Å². The second-order valence-electron chi connectivity index (χ2n) is 5.42. The molecule has 132 valence electrons. The highest BCUT2D eigenvalue weighted by Crippen LogP contribution is 2.19. The third-order valence-electron chi connectivity index (χ3n) is 3.47. The Hall–Kier alpha value is -2.47. The summed E-state index contributed by atoms with van der Waals surface area (Å²) in [4.78, 5) is 25.1. The molecule has 25 heavy (non-hydrogen) atoms. The van der Waals surface area contributed by atoms with E-state index in [1.165, 1.54) is 42.3 Å². The fraction of sp³-hybridized carbons (Fsp3) is 0.222. The lowest BCUT2D eigenvalue weighted by molar-refractivity contribution is -0.151. The van der Waals surface area contributed by atoms with Gasteiger partial charge in [0.25, 0.3) is 5.91 Å². The van der Waals surface area contributed by atoms with Gasteiger partial charge in [0, 0.05) is 24.2 Å². The Kier molecular flexibility index (Phi) is 6.47. The summed E-state index contributed by atoms with van der Waals surface area (Å²) >= 11 is 5.84. The largest absolute Gasteiger partial charge is 0.455 e. The van der Waals surface area contributed by atoms with Gasteiger partial charge in [-0.2, -0.15) is 0 Å². The van der Waals surface area contributed by atoms with Gasteiger partial charge in [0.2, 0.25) is 0 Å². The number of rotatable bonds is 6. The summed E-state index contributed by atoms with van der Waals surface area (Å²) in [5.74, 6) is -2.23. The lowest BCUT2D eigenvalue weighted by atomic mass is 10.1. The van der Waals surface area contributed by atoms with Gasteiger partial charge in [-0.3, -0.25) is 9.59 Å². The first kappa shape index (κ1) is 18.9. The molecule has 0 atom stereocenters. The first-order valence-electron chi connectivity index (χ1n) is 7.43. The van der Waals surface area contributed by atoms with E-state index in [0.29, 0.717) is 5.56 Å². The van der Waals surface area contributed by atoms with Crippen LogP contribution < -0.4 is 0 Å². The smallest absolute Gasteiger partial charge is 0.310 e. The minimum atomic E-state index is -0.764. The zero-order chi connectivity index (χ0) is 18.4. The SMILES string of the molecule is CN(Cc1cccc(F)c1)C(=O)COC(=O)Cc1c(F)cccc1Cl. The molecule has 2 rings (SSSR count). The van der Waals surface area contributed by atoms with E-state index in [9.17, 15) is 18.4 Å². The minimum Gasteiger partial charge on any atom is -0.455 e. The van der Waals surface area contributed by atoms with Crippen LogP contribution in [0, 0.1) is 11.6 Å². The van der Waals surface area contributed by atoms with Gasteiger partial charge >= 0.3 is 5.97 Å². The number of amides is 1. The second-order valence-corrected chi connectivity index (χ2v) is 5.82. The van der Waals surface area contributed by atoms with E-state index in [2.05, 4.69) is 0 Å². The van der Waals surface area contributed by atoms with E-state index in [1.807, 2.05) is 0 Å². The molecule has 2 aromatic rings. The Morgan fingerprint density at radius 3 is 2.56 bits per heavy atom. The predicted molar refractivity (Wildman–Crippen MR) is 88.9 cm³/mol. The van der Waals surface area contributed by atoms with Crippen LogP contribution in [0.3, 0.4) is 0 Å². The van der Waals surface area contributed by atoms with Gasteiger partial charge in [-0.15, -0.1) is 0 Å². The van der Waals surface area contributed by atoms with Crippen LogP contribution in [-0.2, 0) is 27.3 Å². The van der Waals surface area contributed by atoms with Crippen LogP contribution in [0.2, 0.25) is 5.02 Å². The average molecular weight is 368 g/mol. The molecule has 0 aliphatic heterocycles. The quantitative estimate of drug-likeness (QED) is 0.735. The molecule has 0 saturated carbocycles. The Bertz CT molecular complexity index is 762. The number of carbonyl (C=O) groups excluding carboxylic acids is 2. The van der Waals surface area contributed by atoms with Crippen molar-refractivity contribution in [2.45, 2.75) is 13.0 Å². The lowest BCUT2D eigenvalue weighted by Gasteiger charge is -2.17. The maximum atomic E-state index is 13.6. The summed E-state index contributed by atoms with van der Waals surface area (Å²) in [7, 11) is 1.51. The Balaban J connectivity index is 1.85. The van der Waals surface area contributed by atoms with Crippen molar-refractivity contribution in [1.82, 2.24) is 4.90 Å². The van der Waals surface area contributed by atoms with Crippen LogP contribution >= 0.6 is 11.6 Å². The summed E-state index contributed by atoms with van der Waals surface area (Å²) in [5.41, 5.74) is 0.634. The van der Waals surface area contributed by atoms with Crippen LogP contribution in [-0.4, -0.2) is 30.4 Å². The number of esters is 1. The molecule has 0 unspecified atom stereocenters. The molecule has 0 spiro atoms. The molecule has 0 aliphatic carbocycles. The highest BCUT2D eigenvalue weighted by atomic mass is 35.5. The maximum absolute atomic E-state index is 13.6. The van der Waals surface area contributed by atoms with E-state index in [1.54, 1.807) is 12.1 Å². The van der Waals surface area contributed by atoms with Gasteiger partial charge in [0.15, 0.2) is 6.61 Å². The predicted octanol–water partition coefficient (Wildman–Crippen LogP) is 3.36. The highest BCUT2D eigenvalue weighted by molar-refractivity contribution is 6.31. The number of likely N-dealkylation sites (N-methyl/N-ethyl adjacent to an activating group) is 1. The van der Waals surface area contributed by atoms with Crippen LogP contribution in [0.25, 0.3) is 0 Å². The van der Waals surface area contributed by atoms with Gasteiger partial charge < -0.3 is 9.64 Å². The van der Waals surface area contributed by atoms with Gasteiger partial charge in [-0.1, -0.05) is 29.8 Å². The number of hydrogen-bond donors (Lipinski definition) is 0. The molecular formula is C18H16ClF2NO3. The molecule has 0 heterocycles. The van der Waals surface area contributed by atoms with Crippen LogP contribution in [0.1, 0.15) is 11.1 Å². The van der Waals surface area contributed by atoms with Gasteiger partial charge in [0.1, 0.15) is 11.6 Å². The second kappa shape index (κ2) is 8.58. The molecule has 0 N–H and O–H groups in total. The average Bonchev–Trinajstić information content (AvgIpc) is 2.56. The standard InChI is InChI=1S/C18H16ClF2NO3/c1-22(10-12-4-2-5-13(20)8-12)17(23)11-25-18(24)9-14-15(19)6-3-7-16(14)21/h2-8H,9-11H2,1H3. The van der Waals surface area contributed by atoms with E-state index >= 15 is 0 Å². The number of benzene rings is 2.